The van der Waals surface area contributed by atoms with Crippen molar-refractivity contribution in [2.24, 2.45) is 0 Å². The first kappa shape index (κ1) is 15.1. The molecule has 1 rings (SSSR count). The van der Waals surface area contributed by atoms with E-state index in [9.17, 15) is 14.0 Å². The molecule has 4 nitrogen and oxygen atoms in total. The zero-order valence-electron chi connectivity index (χ0n) is 11.2. The molecule has 0 aliphatic rings. The van der Waals surface area contributed by atoms with Gasteiger partial charge in [-0.05, 0) is 38.0 Å². The van der Waals surface area contributed by atoms with Crippen molar-refractivity contribution < 1.29 is 23.5 Å². The van der Waals surface area contributed by atoms with E-state index < -0.39 is 23.7 Å². The molecule has 0 heterocycles. The van der Waals surface area contributed by atoms with Crippen LogP contribution in [0, 0.1) is 12.7 Å². The molecule has 0 aliphatic heterocycles. The molecular formula is C14H17FO4. The van der Waals surface area contributed by atoms with Gasteiger partial charge in [-0.25, -0.2) is 4.39 Å². The average molecular weight is 268 g/mol. The van der Waals surface area contributed by atoms with Crippen LogP contribution in [0.1, 0.15) is 30.9 Å². The van der Waals surface area contributed by atoms with Gasteiger partial charge in [-0.15, -0.1) is 0 Å². The zero-order valence-corrected chi connectivity index (χ0v) is 11.2. The highest BCUT2D eigenvalue weighted by Crippen LogP contribution is 2.22. The van der Waals surface area contributed by atoms with Crippen molar-refractivity contribution in [1.29, 1.82) is 0 Å². The lowest BCUT2D eigenvalue weighted by atomic mass is 9.97. The molecule has 0 N–H and O–H groups in total. The molecule has 1 aromatic carbocycles. The Balaban J connectivity index is 3.11. The van der Waals surface area contributed by atoms with Gasteiger partial charge in [0.15, 0.2) is 5.92 Å². The summed E-state index contributed by atoms with van der Waals surface area (Å²) >= 11 is 0. The van der Waals surface area contributed by atoms with E-state index in [1.807, 2.05) is 0 Å². The molecule has 0 saturated heterocycles. The second kappa shape index (κ2) is 6.87. The van der Waals surface area contributed by atoms with Gasteiger partial charge in [-0.1, -0.05) is 12.1 Å². The Labute approximate surface area is 111 Å². The molecule has 0 unspecified atom stereocenters. The van der Waals surface area contributed by atoms with Crippen LogP contribution in [0.2, 0.25) is 0 Å². The minimum absolute atomic E-state index is 0.162. The molecule has 1 aromatic rings. The number of ether oxygens (including phenoxy) is 2. The predicted molar refractivity (Wildman–Crippen MR) is 67.1 cm³/mol. The van der Waals surface area contributed by atoms with Crippen molar-refractivity contribution in [3.8, 4) is 0 Å². The van der Waals surface area contributed by atoms with Crippen LogP contribution in [0.5, 0.6) is 0 Å². The quantitative estimate of drug-likeness (QED) is 0.607. The van der Waals surface area contributed by atoms with Crippen molar-refractivity contribution >= 4 is 11.9 Å². The summed E-state index contributed by atoms with van der Waals surface area (Å²) in [7, 11) is 0. The maximum atomic E-state index is 13.2. The van der Waals surface area contributed by atoms with Crippen LogP contribution in [0.3, 0.4) is 0 Å². The molecule has 0 fully saturated rings. The number of halogens is 1. The first-order valence-corrected chi connectivity index (χ1v) is 6.10. The molecule has 0 radical (unpaired) electrons. The lowest BCUT2D eigenvalue weighted by Crippen LogP contribution is -2.26. The third-order valence-electron chi connectivity index (χ3n) is 2.56. The fourth-order valence-corrected chi connectivity index (χ4v) is 1.67. The Morgan fingerprint density at radius 1 is 1.16 bits per heavy atom. The van der Waals surface area contributed by atoms with Gasteiger partial charge in [0, 0.05) is 0 Å². The standard InChI is InChI=1S/C14H17FO4/c1-4-18-13(16)12(14(17)19-5-2)10-6-7-11(15)9(3)8-10/h6-8,12H,4-5H2,1-3H3. The van der Waals surface area contributed by atoms with Gasteiger partial charge in [0.1, 0.15) is 5.82 Å². The SMILES string of the molecule is CCOC(=O)C(C(=O)OCC)c1ccc(F)c(C)c1. The fraction of sp³-hybridized carbons (Fsp3) is 0.429. The van der Waals surface area contributed by atoms with Crippen molar-refractivity contribution in [3.63, 3.8) is 0 Å². The van der Waals surface area contributed by atoms with Crippen LogP contribution < -0.4 is 0 Å². The second-order valence-corrected chi connectivity index (χ2v) is 3.95. The predicted octanol–water partition coefficient (Wildman–Crippen LogP) is 2.34. The molecule has 19 heavy (non-hydrogen) atoms. The van der Waals surface area contributed by atoms with Crippen molar-refractivity contribution in [2.45, 2.75) is 26.7 Å². The van der Waals surface area contributed by atoms with E-state index in [0.717, 1.165) is 0 Å². The highest BCUT2D eigenvalue weighted by atomic mass is 19.1. The smallest absolute Gasteiger partial charge is 0.324 e. The Morgan fingerprint density at radius 2 is 1.68 bits per heavy atom. The number of aryl methyl sites for hydroxylation is 1. The number of rotatable bonds is 5. The van der Waals surface area contributed by atoms with Crippen LogP contribution in [0.15, 0.2) is 18.2 Å². The van der Waals surface area contributed by atoms with E-state index in [2.05, 4.69) is 0 Å². The van der Waals surface area contributed by atoms with Gasteiger partial charge in [0.25, 0.3) is 0 Å². The van der Waals surface area contributed by atoms with Gasteiger partial charge >= 0.3 is 11.9 Å². The summed E-state index contributed by atoms with van der Waals surface area (Å²) in [6, 6.07) is 4.06. The topological polar surface area (TPSA) is 52.6 Å². The monoisotopic (exact) mass is 268 g/mol. The molecule has 0 bridgehead atoms. The molecule has 0 amide bonds. The number of hydrogen-bond donors (Lipinski definition) is 0. The van der Waals surface area contributed by atoms with Gasteiger partial charge in [0.2, 0.25) is 0 Å². The molecule has 5 heteroatoms. The minimum Gasteiger partial charge on any atom is -0.465 e. The second-order valence-electron chi connectivity index (χ2n) is 3.95. The number of benzene rings is 1. The number of hydrogen-bond acceptors (Lipinski definition) is 4. The Hall–Kier alpha value is -1.91. The van der Waals surface area contributed by atoms with E-state index in [4.69, 9.17) is 9.47 Å². The largest absolute Gasteiger partial charge is 0.465 e. The zero-order chi connectivity index (χ0) is 14.4. The Kier molecular flexibility index (Phi) is 5.48. The first-order chi connectivity index (χ1) is 9.01. The van der Waals surface area contributed by atoms with Gasteiger partial charge in [-0.2, -0.15) is 0 Å². The maximum Gasteiger partial charge on any atom is 0.324 e. The maximum absolute atomic E-state index is 13.2. The molecule has 0 atom stereocenters. The average Bonchev–Trinajstić information content (AvgIpc) is 2.34. The summed E-state index contributed by atoms with van der Waals surface area (Å²) in [5.74, 6) is -2.94. The van der Waals surface area contributed by atoms with Gasteiger partial charge in [-0.3, -0.25) is 9.59 Å². The van der Waals surface area contributed by atoms with Crippen LogP contribution in [0.25, 0.3) is 0 Å². The van der Waals surface area contributed by atoms with E-state index in [-0.39, 0.29) is 13.2 Å². The van der Waals surface area contributed by atoms with E-state index in [0.29, 0.717) is 11.1 Å². The highest BCUT2D eigenvalue weighted by Gasteiger charge is 2.31. The third-order valence-corrected chi connectivity index (χ3v) is 2.56. The lowest BCUT2D eigenvalue weighted by molar-refractivity contribution is -0.156. The summed E-state index contributed by atoms with van der Waals surface area (Å²) in [5, 5.41) is 0. The molecule has 0 saturated carbocycles. The third kappa shape index (κ3) is 3.77. The molecule has 0 aliphatic carbocycles. The molecular weight excluding hydrogens is 251 g/mol. The number of carbonyl (C=O) groups is 2. The van der Waals surface area contributed by atoms with Crippen molar-refractivity contribution in [3.05, 3.63) is 35.1 Å². The van der Waals surface area contributed by atoms with E-state index in [1.54, 1.807) is 20.8 Å². The van der Waals surface area contributed by atoms with E-state index in [1.165, 1.54) is 18.2 Å². The van der Waals surface area contributed by atoms with Crippen LogP contribution in [-0.4, -0.2) is 25.2 Å². The molecule has 104 valence electrons. The van der Waals surface area contributed by atoms with Crippen LogP contribution in [0.4, 0.5) is 4.39 Å². The normalized spacial score (nSPS) is 10.4. The van der Waals surface area contributed by atoms with Crippen molar-refractivity contribution in [1.82, 2.24) is 0 Å². The molecule has 0 spiro atoms. The van der Waals surface area contributed by atoms with Crippen LogP contribution in [-0.2, 0) is 19.1 Å². The number of carbonyl (C=O) groups excluding carboxylic acids is 2. The summed E-state index contributed by atoms with van der Waals surface area (Å²) < 4.78 is 23.0. The van der Waals surface area contributed by atoms with Gasteiger partial charge in [0.05, 0.1) is 13.2 Å². The summed E-state index contributed by atoms with van der Waals surface area (Å²) in [4.78, 5) is 23.7. The number of esters is 2. The van der Waals surface area contributed by atoms with Crippen LogP contribution >= 0.6 is 0 Å². The molecule has 0 aromatic heterocycles. The minimum atomic E-state index is -1.17. The van der Waals surface area contributed by atoms with Gasteiger partial charge < -0.3 is 9.47 Å². The first-order valence-electron chi connectivity index (χ1n) is 6.10. The summed E-state index contributed by atoms with van der Waals surface area (Å²) in [6.45, 7) is 5.18. The van der Waals surface area contributed by atoms with Crippen molar-refractivity contribution in [2.75, 3.05) is 13.2 Å². The Morgan fingerprint density at radius 3 is 2.11 bits per heavy atom. The lowest BCUT2D eigenvalue weighted by Gasteiger charge is -2.15. The van der Waals surface area contributed by atoms with E-state index >= 15 is 0 Å². The highest BCUT2D eigenvalue weighted by molar-refractivity contribution is 6.00. The Bertz CT molecular complexity index is 453. The fourth-order valence-electron chi connectivity index (χ4n) is 1.67. The summed E-state index contributed by atoms with van der Waals surface area (Å²) in [5.41, 5.74) is 0.729. The summed E-state index contributed by atoms with van der Waals surface area (Å²) in [6.07, 6.45) is 0.